The molecular weight excluding hydrogens is 398 g/mol. The van der Waals surface area contributed by atoms with Crippen LogP contribution in [0.15, 0.2) is 81.7 Å². The fourth-order valence-electron chi connectivity index (χ4n) is 2.82. The molecule has 0 saturated carbocycles. The smallest absolute Gasteiger partial charge is 0.294 e. The monoisotopic (exact) mass is 411 g/mol. The average molecular weight is 412 g/mol. The van der Waals surface area contributed by atoms with Gasteiger partial charge in [0, 0.05) is 22.0 Å². The molecule has 6 nitrogen and oxygen atoms in total. The molecule has 0 N–H and O–H groups in total. The Balaban J connectivity index is 1.90. The van der Waals surface area contributed by atoms with E-state index >= 15 is 0 Å². The van der Waals surface area contributed by atoms with Crippen molar-refractivity contribution >= 4 is 34.3 Å². The Bertz CT molecular complexity index is 1200. The van der Waals surface area contributed by atoms with E-state index in [0.29, 0.717) is 22.1 Å². The van der Waals surface area contributed by atoms with Crippen molar-refractivity contribution in [3.63, 3.8) is 0 Å². The Labute approximate surface area is 169 Å². The number of aromatic nitrogens is 1. The second-order valence-corrected chi connectivity index (χ2v) is 7.21. The second kappa shape index (κ2) is 7.84. The lowest BCUT2D eigenvalue weighted by Crippen LogP contribution is -2.16. The maximum Gasteiger partial charge on any atom is 0.294 e. The summed E-state index contributed by atoms with van der Waals surface area (Å²) in [6.07, 6.45) is 1.61. The first-order valence-corrected chi connectivity index (χ1v) is 9.62. The SMILES string of the molecule is O=[N+]([O-])c1ccccc1N=c1scc(-c2cccc(Cl)c2)n1Cc1ccco1. The lowest BCUT2D eigenvalue weighted by atomic mass is 10.2. The van der Waals surface area contributed by atoms with Gasteiger partial charge in [0.2, 0.25) is 0 Å². The van der Waals surface area contributed by atoms with Crippen LogP contribution in [0.25, 0.3) is 11.3 Å². The summed E-state index contributed by atoms with van der Waals surface area (Å²) in [5, 5.41) is 13.9. The fraction of sp³-hybridized carbons (Fsp3) is 0.0500. The third-order valence-electron chi connectivity index (χ3n) is 4.11. The lowest BCUT2D eigenvalue weighted by molar-refractivity contribution is -0.384. The molecular formula is C20H14ClN3O3S. The minimum absolute atomic E-state index is 0.0373. The van der Waals surface area contributed by atoms with Gasteiger partial charge < -0.3 is 8.98 Å². The van der Waals surface area contributed by atoms with Crippen molar-refractivity contribution in [2.75, 3.05) is 0 Å². The molecule has 0 amide bonds. The summed E-state index contributed by atoms with van der Waals surface area (Å²) in [4.78, 5) is 16.1. The summed E-state index contributed by atoms with van der Waals surface area (Å²) in [6.45, 7) is 0.442. The maximum atomic E-state index is 11.3. The summed E-state index contributed by atoms with van der Waals surface area (Å²) in [5.41, 5.74) is 2.10. The van der Waals surface area contributed by atoms with Crippen molar-refractivity contribution in [1.29, 1.82) is 0 Å². The quantitative estimate of drug-likeness (QED) is 0.314. The zero-order valence-corrected chi connectivity index (χ0v) is 16.1. The highest BCUT2D eigenvalue weighted by Gasteiger charge is 2.14. The van der Waals surface area contributed by atoms with Crippen molar-refractivity contribution in [3.8, 4) is 11.3 Å². The Kier molecular flexibility index (Phi) is 5.10. The Morgan fingerprint density at radius 3 is 2.75 bits per heavy atom. The van der Waals surface area contributed by atoms with Gasteiger partial charge in [0.15, 0.2) is 4.80 Å². The van der Waals surface area contributed by atoms with Gasteiger partial charge in [-0.3, -0.25) is 10.1 Å². The van der Waals surface area contributed by atoms with Crippen LogP contribution in [0.1, 0.15) is 5.76 Å². The lowest BCUT2D eigenvalue weighted by Gasteiger charge is -2.08. The molecule has 0 aliphatic carbocycles. The summed E-state index contributed by atoms with van der Waals surface area (Å²) in [5.74, 6) is 0.755. The largest absolute Gasteiger partial charge is 0.467 e. The zero-order chi connectivity index (χ0) is 19.5. The van der Waals surface area contributed by atoms with E-state index in [1.165, 1.54) is 17.4 Å². The molecule has 4 rings (SSSR count). The number of halogens is 1. The first-order chi connectivity index (χ1) is 13.6. The molecule has 0 radical (unpaired) electrons. The molecule has 140 valence electrons. The predicted molar refractivity (Wildman–Crippen MR) is 109 cm³/mol. The van der Waals surface area contributed by atoms with Gasteiger partial charge in [-0.05, 0) is 30.3 Å². The zero-order valence-electron chi connectivity index (χ0n) is 14.5. The molecule has 4 aromatic rings. The van der Waals surface area contributed by atoms with Gasteiger partial charge in [-0.15, -0.1) is 11.3 Å². The minimum atomic E-state index is -0.429. The molecule has 0 unspecified atom stereocenters. The third kappa shape index (κ3) is 3.76. The van der Waals surface area contributed by atoms with Crippen molar-refractivity contribution in [2.24, 2.45) is 4.99 Å². The summed E-state index contributed by atoms with van der Waals surface area (Å²) in [6, 6.07) is 17.7. The molecule has 28 heavy (non-hydrogen) atoms. The highest BCUT2D eigenvalue weighted by Crippen LogP contribution is 2.28. The number of thiazole rings is 1. The van der Waals surface area contributed by atoms with Gasteiger partial charge >= 0.3 is 0 Å². The van der Waals surface area contributed by atoms with E-state index in [1.54, 1.807) is 24.5 Å². The van der Waals surface area contributed by atoms with E-state index in [0.717, 1.165) is 17.0 Å². The highest BCUT2D eigenvalue weighted by molar-refractivity contribution is 7.07. The van der Waals surface area contributed by atoms with Crippen LogP contribution in [-0.2, 0) is 6.54 Å². The van der Waals surface area contributed by atoms with Crippen molar-refractivity contribution in [1.82, 2.24) is 4.57 Å². The van der Waals surface area contributed by atoms with Crippen LogP contribution in [0.4, 0.5) is 11.4 Å². The Morgan fingerprint density at radius 1 is 1.14 bits per heavy atom. The molecule has 0 fully saturated rings. The van der Waals surface area contributed by atoms with Crippen LogP contribution < -0.4 is 4.80 Å². The first-order valence-electron chi connectivity index (χ1n) is 8.36. The number of rotatable bonds is 5. The van der Waals surface area contributed by atoms with E-state index in [4.69, 9.17) is 16.0 Å². The fourth-order valence-corrected chi connectivity index (χ4v) is 3.94. The molecule has 0 saturated heterocycles. The number of furan rings is 1. The number of nitrogens with zero attached hydrogens (tertiary/aromatic N) is 3. The standard InChI is InChI=1S/C20H14ClN3O3S/c21-15-6-3-5-14(11-15)19-13-28-20(23(19)12-16-7-4-10-27-16)22-17-8-1-2-9-18(17)24(25)26/h1-11,13H,12H2. The predicted octanol–water partition coefficient (Wildman–Crippen LogP) is 5.65. The van der Waals surface area contributed by atoms with Crippen molar-refractivity contribution < 1.29 is 9.34 Å². The van der Waals surface area contributed by atoms with E-state index < -0.39 is 4.92 Å². The van der Waals surface area contributed by atoms with Crippen LogP contribution in [0.5, 0.6) is 0 Å². The third-order valence-corrected chi connectivity index (χ3v) is 5.21. The molecule has 2 aromatic heterocycles. The van der Waals surface area contributed by atoms with E-state index in [-0.39, 0.29) is 5.69 Å². The Hall–Kier alpha value is -3.16. The van der Waals surface area contributed by atoms with Crippen LogP contribution in [0.3, 0.4) is 0 Å². The van der Waals surface area contributed by atoms with Gasteiger partial charge in [-0.2, -0.15) is 0 Å². The highest BCUT2D eigenvalue weighted by atomic mass is 35.5. The Morgan fingerprint density at radius 2 is 2.00 bits per heavy atom. The topological polar surface area (TPSA) is 73.6 Å². The average Bonchev–Trinajstić information content (AvgIpc) is 3.33. The van der Waals surface area contributed by atoms with Gasteiger partial charge in [-0.25, -0.2) is 4.99 Å². The van der Waals surface area contributed by atoms with E-state index in [9.17, 15) is 10.1 Å². The minimum Gasteiger partial charge on any atom is -0.467 e. The van der Waals surface area contributed by atoms with Gasteiger partial charge in [-0.1, -0.05) is 35.9 Å². The summed E-state index contributed by atoms with van der Waals surface area (Å²) in [7, 11) is 0. The second-order valence-electron chi connectivity index (χ2n) is 5.94. The number of para-hydroxylation sites is 2. The normalized spacial score (nSPS) is 11.7. The molecule has 0 aliphatic rings. The molecule has 2 heterocycles. The van der Waals surface area contributed by atoms with E-state index in [2.05, 4.69) is 4.99 Å². The number of benzene rings is 2. The molecule has 2 aromatic carbocycles. The maximum absolute atomic E-state index is 11.3. The van der Waals surface area contributed by atoms with Crippen LogP contribution >= 0.6 is 22.9 Å². The molecule has 0 bridgehead atoms. The first kappa shape index (κ1) is 18.2. The van der Waals surface area contributed by atoms with Crippen LogP contribution in [0, 0.1) is 10.1 Å². The van der Waals surface area contributed by atoms with E-state index in [1.807, 2.05) is 46.3 Å². The van der Waals surface area contributed by atoms with Crippen LogP contribution in [0.2, 0.25) is 5.02 Å². The number of hydrogen-bond donors (Lipinski definition) is 0. The van der Waals surface area contributed by atoms with Crippen LogP contribution in [-0.4, -0.2) is 9.49 Å². The van der Waals surface area contributed by atoms with Gasteiger partial charge in [0.25, 0.3) is 5.69 Å². The number of hydrogen-bond acceptors (Lipinski definition) is 5. The molecule has 8 heteroatoms. The van der Waals surface area contributed by atoms with Gasteiger partial charge in [0.1, 0.15) is 11.4 Å². The molecule has 0 aliphatic heterocycles. The van der Waals surface area contributed by atoms with Gasteiger partial charge in [0.05, 0.1) is 23.4 Å². The summed E-state index contributed by atoms with van der Waals surface area (Å²) < 4.78 is 7.46. The summed E-state index contributed by atoms with van der Waals surface area (Å²) >= 11 is 7.56. The number of nitro groups is 1. The van der Waals surface area contributed by atoms with Crippen molar-refractivity contribution in [2.45, 2.75) is 6.54 Å². The van der Waals surface area contributed by atoms with Crippen molar-refractivity contribution in [3.05, 3.63) is 98.0 Å². The molecule has 0 atom stereocenters. The number of nitro benzene ring substituents is 1. The molecule has 0 spiro atoms.